The predicted octanol–water partition coefficient (Wildman–Crippen LogP) is 4.21. The average molecular weight is 363 g/mol. The topological polar surface area (TPSA) is 64.2 Å². The summed E-state index contributed by atoms with van der Waals surface area (Å²) in [5.41, 5.74) is 2.24. The highest BCUT2D eigenvalue weighted by Gasteiger charge is 2.12. The fourth-order valence-corrected chi connectivity index (χ4v) is 3.21. The largest absolute Gasteiger partial charge is 0.493 e. The number of ketones is 1. The van der Waals surface area contributed by atoms with Gasteiger partial charge in [0, 0.05) is 10.6 Å². The molecule has 0 amide bonds. The number of ether oxygens (including phenoxy) is 2. The number of thioether (sulfide) groups is 1. The smallest absolute Gasteiger partial charge is 0.173 e. The maximum atomic E-state index is 12.4. The van der Waals surface area contributed by atoms with Crippen molar-refractivity contribution < 1.29 is 14.3 Å². The van der Waals surface area contributed by atoms with Gasteiger partial charge in [-0.25, -0.2) is 4.98 Å². The Morgan fingerprint density at radius 1 is 1.17 bits per heavy atom. The summed E-state index contributed by atoms with van der Waals surface area (Å²) < 4.78 is 10.4. The fourth-order valence-electron chi connectivity index (χ4n) is 2.25. The second kappa shape index (κ2) is 7.15. The third-order valence-corrected chi connectivity index (χ3v) is 4.58. The molecule has 1 aromatic heterocycles. The number of aromatic amines is 1. The van der Waals surface area contributed by atoms with Crippen molar-refractivity contribution in [3.8, 4) is 11.5 Å². The van der Waals surface area contributed by atoms with Gasteiger partial charge in [0.05, 0.1) is 31.0 Å². The van der Waals surface area contributed by atoms with Crippen LogP contribution in [0.4, 0.5) is 0 Å². The number of methoxy groups -OCH3 is 2. The molecule has 0 unspecified atom stereocenters. The number of hydrogen-bond acceptors (Lipinski definition) is 5. The van der Waals surface area contributed by atoms with Crippen molar-refractivity contribution in [3.63, 3.8) is 0 Å². The minimum Gasteiger partial charge on any atom is -0.493 e. The molecule has 0 fully saturated rings. The number of nitrogens with one attached hydrogen (secondary N) is 1. The Morgan fingerprint density at radius 2 is 1.96 bits per heavy atom. The van der Waals surface area contributed by atoms with Crippen LogP contribution in [-0.2, 0) is 0 Å². The Bertz CT molecular complexity index is 895. The molecule has 1 heterocycles. The summed E-state index contributed by atoms with van der Waals surface area (Å²) in [6.45, 7) is 0. The van der Waals surface area contributed by atoms with Gasteiger partial charge in [0.2, 0.25) is 0 Å². The monoisotopic (exact) mass is 362 g/mol. The van der Waals surface area contributed by atoms with Crippen molar-refractivity contribution in [2.45, 2.75) is 5.16 Å². The lowest BCUT2D eigenvalue weighted by Gasteiger charge is -2.08. The van der Waals surface area contributed by atoms with Gasteiger partial charge in [0.15, 0.2) is 22.4 Å². The number of hydrogen-bond donors (Lipinski definition) is 1. The number of fused-ring (bicyclic) bond motifs is 1. The number of imidazole rings is 1. The lowest BCUT2D eigenvalue weighted by atomic mass is 10.1. The third-order valence-electron chi connectivity index (χ3n) is 3.47. The molecule has 0 atom stereocenters. The van der Waals surface area contributed by atoms with Crippen LogP contribution in [0.3, 0.4) is 0 Å². The summed E-state index contributed by atoms with van der Waals surface area (Å²) in [5.74, 6) is 1.38. The molecule has 0 radical (unpaired) electrons. The van der Waals surface area contributed by atoms with Gasteiger partial charge in [0.1, 0.15) is 0 Å². The van der Waals surface area contributed by atoms with Crippen molar-refractivity contribution in [1.82, 2.24) is 9.97 Å². The van der Waals surface area contributed by atoms with Crippen LogP contribution in [0.5, 0.6) is 11.5 Å². The Kier molecular flexibility index (Phi) is 4.97. The Morgan fingerprint density at radius 3 is 2.71 bits per heavy atom. The molecule has 7 heteroatoms. The van der Waals surface area contributed by atoms with Crippen LogP contribution in [0.2, 0.25) is 5.02 Å². The molecule has 0 spiro atoms. The lowest BCUT2D eigenvalue weighted by molar-refractivity contribution is 0.102. The van der Waals surface area contributed by atoms with Gasteiger partial charge < -0.3 is 14.5 Å². The van der Waals surface area contributed by atoms with E-state index in [0.29, 0.717) is 27.2 Å². The summed E-state index contributed by atoms with van der Waals surface area (Å²) in [4.78, 5) is 20.0. The van der Waals surface area contributed by atoms with E-state index in [1.165, 1.54) is 11.8 Å². The molecule has 1 N–H and O–H groups in total. The first kappa shape index (κ1) is 16.7. The SMILES string of the molecule is COc1ccc(C(=O)CSc2nc3ccc(Cl)cc3[nH]2)cc1OC. The minimum absolute atomic E-state index is 0.0144. The van der Waals surface area contributed by atoms with Gasteiger partial charge in [-0.3, -0.25) is 4.79 Å². The number of H-pyrrole nitrogens is 1. The zero-order valence-corrected chi connectivity index (χ0v) is 14.7. The summed E-state index contributed by atoms with van der Waals surface area (Å²) >= 11 is 7.30. The van der Waals surface area contributed by atoms with Gasteiger partial charge in [0.25, 0.3) is 0 Å². The predicted molar refractivity (Wildman–Crippen MR) is 95.7 cm³/mol. The first-order valence-corrected chi connectivity index (χ1v) is 8.50. The number of halogens is 1. The average Bonchev–Trinajstić information content (AvgIpc) is 3.00. The van der Waals surface area contributed by atoms with Crippen LogP contribution < -0.4 is 9.47 Å². The van der Waals surface area contributed by atoms with E-state index in [0.717, 1.165) is 11.0 Å². The first-order valence-electron chi connectivity index (χ1n) is 7.14. The summed E-state index contributed by atoms with van der Waals surface area (Å²) in [7, 11) is 3.10. The molecule has 0 aliphatic heterocycles. The van der Waals surface area contributed by atoms with Gasteiger partial charge in [-0.15, -0.1) is 0 Å². The van der Waals surface area contributed by atoms with Crippen LogP contribution in [-0.4, -0.2) is 35.7 Å². The Labute approximate surface area is 148 Å². The standard InChI is InChI=1S/C17H15ClN2O3S/c1-22-15-6-3-10(7-16(15)23-2)14(21)9-24-17-19-12-5-4-11(18)8-13(12)20-17/h3-8H,9H2,1-2H3,(H,19,20). The maximum absolute atomic E-state index is 12.4. The number of aromatic nitrogens is 2. The van der Waals surface area contributed by atoms with Crippen molar-refractivity contribution in [2.24, 2.45) is 0 Å². The maximum Gasteiger partial charge on any atom is 0.173 e. The quantitative estimate of drug-likeness (QED) is 0.525. The number of rotatable bonds is 6. The molecule has 2 aromatic carbocycles. The molecule has 24 heavy (non-hydrogen) atoms. The molecular formula is C17H15ClN2O3S. The summed E-state index contributed by atoms with van der Waals surface area (Å²) in [6, 6.07) is 10.6. The van der Waals surface area contributed by atoms with Crippen molar-refractivity contribution >= 4 is 40.2 Å². The van der Waals surface area contributed by atoms with Crippen LogP contribution in [0.25, 0.3) is 11.0 Å². The molecule has 0 bridgehead atoms. The third kappa shape index (κ3) is 3.49. The van der Waals surface area contributed by atoms with Crippen molar-refractivity contribution in [3.05, 3.63) is 47.0 Å². The molecule has 3 aromatic rings. The van der Waals surface area contributed by atoms with Gasteiger partial charge in [-0.1, -0.05) is 23.4 Å². The highest BCUT2D eigenvalue weighted by Crippen LogP contribution is 2.29. The Hall–Kier alpha value is -2.18. The van der Waals surface area contributed by atoms with Gasteiger partial charge in [-0.2, -0.15) is 0 Å². The van der Waals surface area contributed by atoms with Crippen LogP contribution in [0, 0.1) is 0 Å². The second-order valence-corrected chi connectivity index (χ2v) is 6.39. The lowest BCUT2D eigenvalue weighted by Crippen LogP contribution is -2.03. The van der Waals surface area contributed by atoms with Crippen molar-refractivity contribution in [2.75, 3.05) is 20.0 Å². The van der Waals surface area contributed by atoms with E-state index in [-0.39, 0.29) is 11.5 Å². The molecule has 0 aliphatic rings. The molecule has 0 saturated heterocycles. The zero-order chi connectivity index (χ0) is 17.1. The minimum atomic E-state index is -0.0144. The number of carbonyl (C=O) groups excluding carboxylic acids is 1. The summed E-state index contributed by atoms with van der Waals surface area (Å²) in [5, 5.41) is 1.32. The van der Waals surface area contributed by atoms with Gasteiger partial charge >= 0.3 is 0 Å². The fraction of sp³-hybridized carbons (Fsp3) is 0.176. The number of carbonyl (C=O) groups is 1. The molecule has 0 saturated carbocycles. The molecular weight excluding hydrogens is 348 g/mol. The van der Waals surface area contributed by atoms with E-state index in [4.69, 9.17) is 21.1 Å². The number of nitrogens with zero attached hydrogens (tertiary/aromatic N) is 1. The van der Waals surface area contributed by atoms with E-state index < -0.39 is 0 Å². The van der Waals surface area contributed by atoms with E-state index in [2.05, 4.69) is 9.97 Å². The van der Waals surface area contributed by atoms with E-state index in [1.807, 2.05) is 12.1 Å². The van der Waals surface area contributed by atoms with Crippen molar-refractivity contribution in [1.29, 1.82) is 0 Å². The highest BCUT2D eigenvalue weighted by atomic mass is 35.5. The van der Waals surface area contributed by atoms with E-state index in [1.54, 1.807) is 38.5 Å². The molecule has 124 valence electrons. The second-order valence-electron chi connectivity index (χ2n) is 4.99. The van der Waals surface area contributed by atoms with Crippen LogP contribution in [0.1, 0.15) is 10.4 Å². The number of Topliss-reactive ketones (excluding diaryl/α,β-unsaturated/α-hetero) is 1. The van der Waals surface area contributed by atoms with E-state index >= 15 is 0 Å². The zero-order valence-electron chi connectivity index (χ0n) is 13.1. The molecule has 0 aliphatic carbocycles. The normalized spacial score (nSPS) is 10.8. The van der Waals surface area contributed by atoms with Gasteiger partial charge in [-0.05, 0) is 36.4 Å². The Balaban J connectivity index is 1.72. The van der Waals surface area contributed by atoms with E-state index in [9.17, 15) is 4.79 Å². The molecule has 3 rings (SSSR count). The number of benzene rings is 2. The van der Waals surface area contributed by atoms with Crippen LogP contribution >= 0.6 is 23.4 Å². The first-order chi connectivity index (χ1) is 11.6. The van der Waals surface area contributed by atoms with Crippen LogP contribution in [0.15, 0.2) is 41.6 Å². The molecule has 5 nitrogen and oxygen atoms in total. The summed E-state index contributed by atoms with van der Waals surface area (Å²) in [6.07, 6.45) is 0. The highest BCUT2D eigenvalue weighted by molar-refractivity contribution is 7.99.